The molecule has 0 bridgehead atoms. The summed E-state index contributed by atoms with van der Waals surface area (Å²) in [6.45, 7) is 1.77. The Morgan fingerprint density at radius 3 is 2.65 bits per heavy atom. The quantitative estimate of drug-likeness (QED) is 0.826. The van der Waals surface area contributed by atoms with E-state index in [4.69, 9.17) is 21.2 Å². The second kappa shape index (κ2) is 7.86. The Kier molecular flexibility index (Phi) is 5.56. The number of nitrogens with zero attached hydrogens (tertiary/aromatic N) is 2. The van der Waals surface area contributed by atoms with E-state index < -0.39 is 17.9 Å². The van der Waals surface area contributed by atoms with Crippen LogP contribution in [0.2, 0.25) is 5.02 Å². The van der Waals surface area contributed by atoms with Crippen LogP contribution in [0.25, 0.3) is 11.5 Å². The van der Waals surface area contributed by atoms with Gasteiger partial charge >= 0.3 is 5.97 Å². The van der Waals surface area contributed by atoms with Crippen molar-refractivity contribution in [2.45, 2.75) is 38.6 Å². The molecular formula is C18H20ClN3O4. The van der Waals surface area contributed by atoms with Gasteiger partial charge in [0, 0.05) is 16.5 Å². The van der Waals surface area contributed by atoms with Crippen LogP contribution in [0.4, 0.5) is 0 Å². The zero-order valence-electron chi connectivity index (χ0n) is 14.3. The van der Waals surface area contributed by atoms with Crippen LogP contribution >= 0.6 is 11.6 Å². The van der Waals surface area contributed by atoms with Crippen LogP contribution in [0.5, 0.6) is 0 Å². The number of aromatic nitrogens is 2. The molecule has 26 heavy (non-hydrogen) atoms. The minimum atomic E-state index is -0.832. The van der Waals surface area contributed by atoms with Crippen LogP contribution in [0.3, 0.4) is 0 Å². The van der Waals surface area contributed by atoms with E-state index in [0.717, 1.165) is 12.0 Å². The van der Waals surface area contributed by atoms with Gasteiger partial charge in [0.05, 0.1) is 12.0 Å². The lowest BCUT2D eigenvalue weighted by atomic mass is 9.81. The van der Waals surface area contributed by atoms with Crippen molar-refractivity contribution in [3.63, 3.8) is 0 Å². The summed E-state index contributed by atoms with van der Waals surface area (Å²) in [5.74, 6) is -1.02. The van der Waals surface area contributed by atoms with E-state index >= 15 is 0 Å². The molecule has 1 heterocycles. The number of benzene rings is 1. The van der Waals surface area contributed by atoms with Crippen molar-refractivity contribution in [1.29, 1.82) is 0 Å². The molecule has 1 aromatic carbocycles. The summed E-state index contributed by atoms with van der Waals surface area (Å²) in [5.41, 5.74) is 0.739. The highest BCUT2D eigenvalue weighted by atomic mass is 35.5. The van der Waals surface area contributed by atoms with Crippen LogP contribution in [0.15, 0.2) is 28.8 Å². The first kappa shape index (κ1) is 18.4. The van der Waals surface area contributed by atoms with Gasteiger partial charge < -0.3 is 14.9 Å². The SMILES string of the molecule is CC(NC(=O)C1CCCC(C(=O)O)C1)c1noc(-c2ccc(Cl)cc2)n1. The molecule has 0 radical (unpaired) electrons. The van der Waals surface area contributed by atoms with Gasteiger partial charge in [0.25, 0.3) is 5.89 Å². The van der Waals surface area contributed by atoms with E-state index in [2.05, 4.69) is 15.5 Å². The largest absolute Gasteiger partial charge is 0.481 e. The number of halogens is 1. The summed E-state index contributed by atoms with van der Waals surface area (Å²) in [6.07, 6.45) is 2.44. The summed E-state index contributed by atoms with van der Waals surface area (Å²) in [6, 6.07) is 6.58. The predicted molar refractivity (Wildman–Crippen MR) is 94.4 cm³/mol. The molecule has 1 amide bonds. The zero-order valence-corrected chi connectivity index (χ0v) is 15.1. The molecule has 3 atom stereocenters. The Morgan fingerprint density at radius 2 is 1.96 bits per heavy atom. The third-order valence-corrected chi connectivity index (χ3v) is 4.93. The van der Waals surface area contributed by atoms with Gasteiger partial charge in [0.1, 0.15) is 0 Å². The van der Waals surface area contributed by atoms with E-state index in [1.165, 1.54) is 0 Å². The maximum absolute atomic E-state index is 12.5. The Balaban J connectivity index is 1.63. The number of hydrogen-bond donors (Lipinski definition) is 2. The van der Waals surface area contributed by atoms with Crippen LogP contribution in [0.1, 0.15) is 44.5 Å². The first-order valence-corrected chi connectivity index (χ1v) is 8.94. The van der Waals surface area contributed by atoms with Crippen molar-refractivity contribution in [3.05, 3.63) is 35.1 Å². The third kappa shape index (κ3) is 4.22. The van der Waals surface area contributed by atoms with Gasteiger partial charge in [-0.25, -0.2) is 0 Å². The van der Waals surface area contributed by atoms with Crippen molar-refractivity contribution < 1.29 is 19.2 Å². The molecule has 3 unspecified atom stereocenters. The van der Waals surface area contributed by atoms with Crippen molar-refractivity contribution in [2.75, 3.05) is 0 Å². The van der Waals surface area contributed by atoms with Crippen molar-refractivity contribution in [1.82, 2.24) is 15.5 Å². The number of rotatable bonds is 5. The highest BCUT2D eigenvalue weighted by Crippen LogP contribution is 2.30. The molecule has 8 heteroatoms. The summed E-state index contributed by atoms with van der Waals surface area (Å²) >= 11 is 5.86. The number of carboxylic acids is 1. The van der Waals surface area contributed by atoms with Gasteiger partial charge in [-0.2, -0.15) is 4.98 Å². The molecular weight excluding hydrogens is 358 g/mol. The second-order valence-electron chi connectivity index (χ2n) is 6.59. The van der Waals surface area contributed by atoms with Crippen LogP contribution in [-0.4, -0.2) is 27.1 Å². The van der Waals surface area contributed by atoms with Gasteiger partial charge in [-0.15, -0.1) is 0 Å². The minimum absolute atomic E-state index is 0.165. The summed E-state index contributed by atoms with van der Waals surface area (Å²) in [7, 11) is 0. The molecule has 1 aliphatic carbocycles. The Bertz CT molecular complexity index is 790. The fourth-order valence-electron chi connectivity index (χ4n) is 3.17. The first-order valence-electron chi connectivity index (χ1n) is 8.56. The number of nitrogens with one attached hydrogen (secondary N) is 1. The second-order valence-corrected chi connectivity index (χ2v) is 7.03. The molecule has 3 rings (SSSR count). The summed E-state index contributed by atoms with van der Waals surface area (Å²) in [4.78, 5) is 27.9. The normalized spacial score (nSPS) is 21.2. The van der Waals surface area contributed by atoms with E-state index in [-0.39, 0.29) is 11.8 Å². The fraction of sp³-hybridized carbons (Fsp3) is 0.444. The van der Waals surface area contributed by atoms with Crippen LogP contribution in [0, 0.1) is 11.8 Å². The Hall–Kier alpha value is -2.41. The molecule has 2 N–H and O–H groups in total. The van der Waals surface area contributed by atoms with E-state index in [1.807, 2.05) is 0 Å². The summed E-state index contributed by atoms with van der Waals surface area (Å²) in [5, 5.41) is 16.6. The minimum Gasteiger partial charge on any atom is -0.481 e. The monoisotopic (exact) mass is 377 g/mol. The van der Waals surface area contributed by atoms with Crippen LogP contribution in [-0.2, 0) is 9.59 Å². The van der Waals surface area contributed by atoms with Crippen LogP contribution < -0.4 is 5.32 Å². The van der Waals surface area contributed by atoms with Gasteiger partial charge in [0.2, 0.25) is 5.91 Å². The molecule has 138 valence electrons. The number of carbonyl (C=O) groups excluding carboxylic acids is 1. The maximum atomic E-state index is 12.5. The molecule has 2 aromatic rings. The maximum Gasteiger partial charge on any atom is 0.306 e. The van der Waals surface area contributed by atoms with Gasteiger partial charge in [-0.3, -0.25) is 9.59 Å². The number of carbonyl (C=O) groups is 2. The molecule has 7 nitrogen and oxygen atoms in total. The molecule has 1 aromatic heterocycles. The molecule has 0 aliphatic heterocycles. The molecule has 1 saturated carbocycles. The van der Waals surface area contributed by atoms with Crippen molar-refractivity contribution in [2.24, 2.45) is 11.8 Å². The number of amides is 1. The molecule has 0 saturated heterocycles. The van der Waals surface area contributed by atoms with Crippen molar-refractivity contribution in [3.8, 4) is 11.5 Å². The van der Waals surface area contributed by atoms with E-state index in [9.17, 15) is 9.59 Å². The molecule has 1 aliphatic rings. The number of aliphatic carboxylic acids is 1. The van der Waals surface area contributed by atoms with E-state index in [1.54, 1.807) is 31.2 Å². The average molecular weight is 378 g/mol. The third-order valence-electron chi connectivity index (χ3n) is 4.67. The highest BCUT2D eigenvalue weighted by molar-refractivity contribution is 6.30. The first-order chi connectivity index (χ1) is 12.4. The van der Waals surface area contributed by atoms with Gasteiger partial charge in [0.15, 0.2) is 5.82 Å². The summed E-state index contributed by atoms with van der Waals surface area (Å²) < 4.78 is 5.25. The zero-order chi connectivity index (χ0) is 18.7. The lowest BCUT2D eigenvalue weighted by Gasteiger charge is -2.26. The standard InChI is InChI=1S/C18H20ClN3O4/c1-10(20-16(23)12-3-2-4-13(9-12)18(24)25)15-21-17(26-22-15)11-5-7-14(19)8-6-11/h5-8,10,12-13H,2-4,9H2,1H3,(H,20,23)(H,24,25). The van der Waals surface area contributed by atoms with E-state index in [0.29, 0.717) is 36.0 Å². The molecule has 0 spiro atoms. The molecule has 1 fully saturated rings. The fourth-order valence-corrected chi connectivity index (χ4v) is 3.29. The van der Waals surface area contributed by atoms with Gasteiger partial charge in [-0.05, 0) is 50.5 Å². The smallest absolute Gasteiger partial charge is 0.306 e. The Labute approximate surface area is 155 Å². The lowest BCUT2D eigenvalue weighted by molar-refractivity contribution is -0.144. The van der Waals surface area contributed by atoms with Gasteiger partial charge in [-0.1, -0.05) is 23.2 Å². The van der Waals surface area contributed by atoms with Crippen molar-refractivity contribution >= 4 is 23.5 Å². The highest BCUT2D eigenvalue weighted by Gasteiger charge is 2.32. The topological polar surface area (TPSA) is 105 Å². The Morgan fingerprint density at radius 1 is 1.27 bits per heavy atom. The lowest BCUT2D eigenvalue weighted by Crippen LogP contribution is -2.37. The number of hydrogen-bond acceptors (Lipinski definition) is 5. The predicted octanol–water partition coefficient (Wildman–Crippen LogP) is 3.46. The average Bonchev–Trinajstić information content (AvgIpc) is 3.12. The number of carboxylic acid groups (broad SMARTS) is 1.